The molecular formula is C15H34N2O. The fraction of sp³-hybridized carbons (Fsp3) is 1.00. The zero-order chi connectivity index (χ0) is 14.0. The van der Waals surface area contributed by atoms with Gasteiger partial charge in [-0.15, -0.1) is 0 Å². The van der Waals surface area contributed by atoms with E-state index in [1.807, 2.05) is 0 Å². The van der Waals surface area contributed by atoms with E-state index < -0.39 is 0 Å². The van der Waals surface area contributed by atoms with Crippen LogP contribution in [0, 0.1) is 0 Å². The lowest BCUT2D eigenvalue weighted by Crippen LogP contribution is -2.45. The quantitative estimate of drug-likeness (QED) is 0.617. The summed E-state index contributed by atoms with van der Waals surface area (Å²) < 4.78 is 5.26. The summed E-state index contributed by atoms with van der Waals surface area (Å²) in [6.07, 6.45) is 3.65. The second kappa shape index (κ2) is 10.8. The molecule has 0 aromatic rings. The van der Waals surface area contributed by atoms with E-state index in [2.05, 4.69) is 44.8 Å². The molecule has 18 heavy (non-hydrogen) atoms. The average molecular weight is 258 g/mol. The van der Waals surface area contributed by atoms with E-state index in [1.54, 1.807) is 7.11 Å². The topological polar surface area (TPSA) is 24.5 Å². The maximum atomic E-state index is 5.26. The molecule has 2 unspecified atom stereocenters. The first-order valence-electron chi connectivity index (χ1n) is 7.58. The maximum Gasteiger partial charge on any atom is 0.0589 e. The molecule has 3 heteroatoms. The molecule has 3 nitrogen and oxygen atoms in total. The summed E-state index contributed by atoms with van der Waals surface area (Å²) >= 11 is 0. The lowest BCUT2D eigenvalue weighted by atomic mass is 10.0. The Kier molecular flexibility index (Phi) is 10.7. The third-order valence-corrected chi connectivity index (χ3v) is 3.78. The van der Waals surface area contributed by atoms with Gasteiger partial charge < -0.3 is 10.1 Å². The van der Waals surface area contributed by atoms with Crippen LogP contribution in [0.5, 0.6) is 0 Å². The van der Waals surface area contributed by atoms with Gasteiger partial charge in [0.2, 0.25) is 0 Å². The first kappa shape index (κ1) is 17.9. The lowest BCUT2D eigenvalue weighted by Gasteiger charge is -2.37. The van der Waals surface area contributed by atoms with Crippen molar-refractivity contribution >= 4 is 0 Å². The number of hydrogen-bond donors (Lipinski definition) is 1. The molecule has 0 radical (unpaired) electrons. The Labute approximate surface area is 114 Å². The predicted octanol–water partition coefficient (Wildman–Crippen LogP) is 2.90. The van der Waals surface area contributed by atoms with Crippen molar-refractivity contribution in [3.63, 3.8) is 0 Å². The van der Waals surface area contributed by atoms with E-state index in [4.69, 9.17) is 4.74 Å². The van der Waals surface area contributed by atoms with E-state index in [0.29, 0.717) is 18.1 Å². The molecule has 0 bridgehead atoms. The highest BCUT2D eigenvalue weighted by Crippen LogP contribution is 2.16. The lowest BCUT2D eigenvalue weighted by molar-refractivity contribution is 0.0788. The molecule has 2 atom stereocenters. The standard InChI is InChI=1S/C15H34N2O/c1-7-15(8-2)17(10-11-18-6)14(5)12-13(4)16-9-3/h13-16H,7-12H2,1-6H3. The Balaban J connectivity index is 4.41. The van der Waals surface area contributed by atoms with Crippen LogP contribution in [0.25, 0.3) is 0 Å². The molecule has 0 aliphatic rings. The minimum absolute atomic E-state index is 0.587. The number of nitrogens with one attached hydrogen (secondary N) is 1. The summed E-state index contributed by atoms with van der Waals surface area (Å²) in [7, 11) is 1.79. The third kappa shape index (κ3) is 6.72. The average Bonchev–Trinajstić information content (AvgIpc) is 2.34. The zero-order valence-electron chi connectivity index (χ0n) is 13.3. The molecule has 0 aromatic heterocycles. The van der Waals surface area contributed by atoms with Crippen LogP contribution in [0.15, 0.2) is 0 Å². The molecule has 0 fully saturated rings. The minimum atomic E-state index is 0.587. The van der Waals surface area contributed by atoms with Crippen LogP contribution in [-0.4, -0.2) is 49.8 Å². The summed E-state index contributed by atoms with van der Waals surface area (Å²) in [4.78, 5) is 2.62. The van der Waals surface area contributed by atoms with Gasteiger partial charge in [-0.2, -0.15) is 0 Å². The first-order chi connectivity index (χ1) is 8.60. The van der Waals surface area contributed by atoms with Crippen molar-refractivity contribution in [1.29, 1.82) is 0 Å². The monoisotopic (exact) mass is 258 g/mol. The molecular weight excluding hydrogens is 224 g/mol. The van der Waals surface area contributed by atoms with Crippen molar-refractivity contribution < 1.29 is 4.74 Å². The molecule has 0 aliphatic carbocycles. The summed E-state index contributed by atoms with van der Waals surface area (Å²) in [5.41, 5.74) is 0. The number of rotatable bonds is 11. The third-order valence-electron chi connectivity index (χ3n) is 3.78. The summed E-state index contributed by atoms with van der Waals surface area (Å²) in [6, 6.07) is 1.88. The van der Waals surface area contributed by atoms with E-state index in [0.717, 1.165) is 19.7 Å². The molecule has 0 saturated carbocycles. The van der Waals surface area contributed by atoms with Crippen molar-refractivity contribution in [2.75, 3.05) is 26.8 Å². The van der Waals surface area contributed by atoms with Crippen molar-refractivity contribution in [2.45, 2.75) is 72.0 Å². The van der Waals surface area contributed by atoms with Crippen LogP contribution in [0.3, 0.4) is 0 Å². The number of methoxy groups -OCH3 is 1. The van der Waals surface area contributed by atoms with E-state index >= 15 is 0 Å². The fourth-order valence-electron chi connectivity index (χ4n) is 2.80. The van der Waals surface area contributed by atoms with Crippen LogP contribution >= 0.6 is 0 Å². The van der Waals surface area contributed by atoms with Crippen LogP contribution in [-0.2, 0) is 4.74 Å². The highest BCUT2D eigenvalue weighted by atomic mass is 16.5. The van der Waals surface area contributed by atoms with Gasteiger partial charge in [-0.25, -0.2) is 0 Å². The first-order valence-corrected chi connectivity index (χ1v) is 7.58. The van der Waals surface area contributed by atoms with Crippen molar-refractivity contribution in [3.05, 3.63) is 0 Å². The molecule has 0 spiro atoms. The van der Waals surface area contributed by atoms with E-state index in [1.165, 1.54) is 19.3 Å². The van der Waals surface area contributed by atoms with Gasteiger partial charge in [0.15, 0.2) is 0 Å². The Morgan fingerprint density at radius 1 is 1.11 bits per heavy atom. The van der Waals surface area contributed by atoms with Crippen LogP contribution in [0.2, 0.25) is 0 Å². The molecule has 0 rings (SSSR count). The molecule has 0 aliphatic heterocycles. The second-order valence-corrected chi connectivity index (χ2v) is 5.24. The van der Waals surface area contributed by atoms with Gasteiger partial charge in [0.25, 0.3) is 0 Å². The Bertz CT molecular complexity index is 183. The SMILES string of the molecule is CCNC(C)CC(C)N(CCOC)C(CC)CC. The van der Waals surface area contributed by atoms with E-state index in [9.17, 15) is 0 Å². The minimum Gasteiger partial charge on any atom is -0.383 e. The van der Waals surface area contributed by atoms with Crippen LogP contribution in [0.1, 0.15) is 53.9 Å². The number of ether oxygens (including phenoxy) is 1. The van der Waals surface area contributed by atoms with Gasteiger partial charge in [-0.05, 0) is 39.7 Å². The summed E-state index contributed by atoms with van der Waals surface area (Å²) in [5.74, 6) is 0. The summed E-state index contributed by atoms with van der Waals surface area (Å²) in [6.45, 7) is 14.3. The van der Waals surface area contributed by atoms with Crippen molar-refractivity contribution in [3.8, 4) is 0 Å². The van der Waals surface area contributed by atoms with Crippen molar-refractivity contribution in [1.82, 2.24) is 10.2 Å². The highest BCUT2D eigenvalue weighted by Gasteiger charge is 2.21. The Morgan fingerprint density at radius 2 is 1.72 bits per heavy atom. The Hall–Kier alpha value is -0.120. The molecule has 0 aromatic carbocycles. The molecule has 1 N–H and O–H groups in total. The molecule has 0 saturated heterocycles. The second-order valence-electron chi connectivity index (χ2n) is 5.24. The Morgan fingerprint density at radius 3 is 2.17 bits per heavy atom. The predicted molar refractivity (Wildman–Crippen MR) is 80.2 cm³/mol. The highest BCUT2D eigenvalue weighted by molar-refractivity contribution is 4.78. The van der Waals surface area contributed by atoms with Gasteiger partial charge in [-0.3, -0.25) is 4.90 Å². The summed E-state index contributed by atoms with van der Waals surface area (Å²) in [5, 5.41) is 3.50. The van der Waals surface area contributed by atoms with Crippen LogP contribution < -0.4 is 5.32 Å². The smallest absolute Gasteiger partial charge is 0.0589 e. The van der Waals surface area contributed by atoms with Crippen molar-refractivity contribution in [2.24, 2.45) is 0 Å². The normalized spacial score (nSPS) is 15.3. The fourth-order valence-corrected chi connectivity index (χ4v) is 2.80. The van der Waals surface area contributed by atoms with Crippen LogP contribution in [0.4, 0.5) is 0 Å². The molecule has 0 amide bonds. The molecule has 110 valence electrons. The van der Waals surface area contributed by atoms with E-state index in [-0.39, 0.29) is 0 Å². The van der Waals surface area contributed by atoms with Gasteiger partial charge in [0.1, 0.15) is 0 Å². The van der Waals surface area contributed by atoms with Gasteiger partial charge in [0.05, 0.1) is 6.61 Å². The van der Waals surface area contributed by atoms with Gasteiger partial charge in [-0.1, -0.05) is 20.8 Å². The number of nitrogens with zero attached hydrogens (tertiary/aromatic N) is 1. The number of hydrogen-bond acceptors (Lipinski definition) is 3. The molecule has 0 heterocycles. The zero-order valence-corrected chi connectivity index (χ0v) is 13.3. The maximum absolute atomic E-state index is 5.26. The van der Waals surface area contributed by atoms with Gasteiger partial charge in [0, 0.05) is 31.8 Å². The van der Waals surface area contributed by atoms with Gasteiger partial charge >= 0.3 is 0 Å². The largest absolute Gasteiger partial charge is 0.383 e.